The van der Waals surface area contributed by atoms with E-state index in [-0.39, 0.29) is 47.4 Å². The zero-order valence-corrected chi connectivity index (χ0v) is 45.4. The van der Waals surface area contributed by atoms with Crippen molar-refractivity contribution in [2.45, 2.75) is 93.9 Å². The first-order valence-electron chi connectivity index (χ1n) is 23.1. The predicted octanol–water partition coefficient (Wildman–Crippen LogP) is 1.08. The Balaban J connectivity index is 0.816. The van der Waals surface area contributed by atoms with Crippen molar-refractivity contribution in [1.82, 2.24) is 40.4 Å². The third kappa shape index (κ3) is 13.4. The number of nitrogens with one attached hydrogen (secondary N) is 3. The van der Waals surface area contributed by atoms with Gasteiger partial charge in [0.1, 0.15) is 59.5 Å². The van der Waals surface area contributed by atoms with Crippen LogP contribution >= 0.6 is 47.0 Å². The summed E-state index contributed by atoms with van der Waals surface area (Å²) in [6.45, 7) is 5.92. The van der Waals surface area contributed by atoms with Gasteiger partial charge in [-0.15, -0.1) is 11.8 Å². The third-order valence-corrected chi connectivity index (χ3v) is 17.7. The molecule has 0 saturated carbocycles. The lowest BCUT2D eigenvalue weighted by Gasteiger charge is -2.44. The number of benzene rings is 2. The van der Waals surface area contributed by atoms with Gasteiger partial charge in [-0.25, -0.2) is 28.6 Å². The van der Waals surface area contributed by atoms with E-state index in [1.54, 1.807) is 25.1 Å². The Hall–Kier alpha value is -4.65. The van der Waals surface area contributed by atoms with E-state index in [1.165, 1.54) is 30.5 Å². The number of phosphoric acid groups is 3. The number of β-lactam (4-membered cyclic amide) rings is 1. The van der Waals surface area contributed by atoms with Crippen LogP contribution in [-0.2, 0) is 55.5 Å². The minimum Gasteiger partial charge on any atom is -0.493 e. The Morgan fingerprint density at radius 1 is 1.00 bits per heavy atom. The SMILES string of the molecule is CCOc1ccc2ccccc2c1C(=O)N[C@@H]1C(=O)N2[C@@H]1SC(C)(C)[C@@H]2C(=O)SCCNC(=O)CCNC(=O)C(O)C(C)(C)COP(=O)(O)OP(=O)(O)OCC1OC(n2cnc3c(N)ncnc32)C(O)C1OP(=O)(O)O. The molecular weight excluding hydrogens is 1110 g/mol. The number of aliphatic hydroxyl groups excluding tert-OH is 2. The molecule has 416 valence electrons. The van der Waals surface area contributed by atoms with Crippen LogP contribution in [0.1, 0.15) is 57.6 Å². The Morgan fingerprint density at radius 2 is 1.71 bits per heavy atom. The van der Waals surface area contributed by atoms with Gasteiger partial charge in [-0.3, -0.25) is 42.1 Å². The second-order valence-corrected chi connectivity index (χ2v) is 25.6. The first kappa shape index (κ1) is 59.0. The second-order valence-electron chi connectivity index (χ2n) is 18.5. The van der Waals surface area contributed by atoms with Crippen LogP contribution in [0.3, 0.4) is 0 Å². The number of rotatable bonds is 24. The first-order chi connectivity index (χ1) is 35.5. The van der Waals surface area contributed by atoms with E-state index in [4.69, 9.17) is 24.3 Å². The van der Waals surface area contributed by atoms with Crippen molar-refractivity contribution >= 4 is 103 Å². The molecule has 76 heavy (non-hydrogen) atoms. The molecule has 3 aliphatic rings. The fourth-order valence-electron chi connectivity index (χ4n) is 8.46. The number of anilines is 1. The molecule has 7 unspecified atom stereocenters. The Kier molecular flexibility index (Phi) is 18.1. The molecule has 4 amide bonds. The summed E-state index contributed by atoms with van der Waals surface area (Å²) in [6, 6.07) is 9.18. The number of aliphatic hydroxyl groups is 2. The summed E-state index contributed by atoms with van der Waals surface area (Å²) in [4.78, 5) is 119. The van der Waals surface area contributed by atoms with Crippen LogP contribution in [0.5, 0.6) is 5.75 Å². The molecule has 3 saturated heterocycles. The maximum absolute atomic E-state index is 13.7. The number of imidazole rings is 1. The lowest BCUT2D eigenvalue weighted by molar-refractivity contribution is -0.150. The van der Waals surface area contributed by atoms with Crippen molar-refractivity contribution < 1.29 is 94.8 Å². The van der Waals surface area contributed by atoms with Crippen molar-refractivity contribution in [3.63, 3.8) is 0 Å². The van der Waals surface area contributed by atoms with E-state index in [2.05, 4.69) is 39.7 Å². The molecular formula is C42H56N9O20P3S2. The van der Waals surface area contributed by atoms with Gasteiger partial charge in [-0.05, 0) is 37.6 Å². The lowest BCUT2D eigenvalue weighted by atomic mass is 9.87. The van der Waals surface area contributed by atoms with Crippen LogP contribution in [0.4, 0.5) is 5.82 Å². The number of carbonyl (C=O) groups excluding carboxylic acids is 5. The number of thioether (sulfide) groups is 2. The molecule has 4 aromatic rings. The highest BCUT2D eigenvalue weighted by Gasteiger charge is 2.64. The van der Waals surface area contributed by atoms with Gasteiger partial charge in [0.25, 0.3) is 5.91 Å². The van der Waals surface area contributed by atoms with E-state index in [9.17, 15) is 67.5 Å². The highest BCUT2D eigenvalue weighted by Crippen LogP contribution is 2.61. The Morgan fingerprint density at radius 3 is 2.42 bits per heavy atom. The molecule has 0 aliphatic carbocycles. The molecule has 2 aromatic carbocycles. The summed E-state index contributed by atoms with van der Waals surface area (Å²) >= 11 is 2.32. The van der Waals surface area contributed by atoms with E-state index in [1.807, 2.05) is 32.0 Å². The molecule has 3 aliphatic heterocycles. The standard InChI is InChI=1S/C42H56N9O20P3S2/c1-6-66-23-12-11-21-9-7-8-10-22(21)26(23)35(55)49-28-37(57)51-31(42(4,5)76-39(28)51)40(58)75-16-15-44-25(52)13-14-45-36(56)32(54)41(2,3)18-68-74(64,65)71-73(62,63)67-17-24-30(70-72(59,60)61)29(53)38(69-24)50-20-48-27-33(43)46-19-47-34(27)50/h7-12,19-20,24,28-32,38-39,53-54H,6,13-18H2,1-5H3,(H,44,52)(H,45,56)(H,49,55)(H,62,63)(H,64,65)(H2,43,46,47)(H2,59,60,61)/t24?,28-,29?,30?,31+,32?,38?,39-/m1/s1. The van der Waals surface area contributed by atoms with Gasteiger partial charge in [0.15, 0.2) is 17.7 Å². The van der Waals surface area contributed by atoms with E-state index >= 15 is 0 Å². The molecule has 5 heterocycles. The summed E-state index contributed by atoms with van der Waals surface area (Å²) in [6.07, 6.45) is -7.20. The fourth-order valence-corrected chi connectivity index (χ4v) is 14.0. The summed E-state index contributed by atoms with van der Waals surface area (Å²) in [5.41, 5.74) is 4.50. The molecule has 3 fully saturated rings. The number of aromatic nitrogens is 4. The molecule has 2 aromatic heterocycles. The zero-order chi connectivity index (χ0) is 55.7. The average molecular weight is 1160 g/mol. The van der Waals surface area contributed by atoms with Crippen molar-refractivity contribution in [3.05, 3.63) is 54.6 Å². The summed E-state index contributed by atoms with van der Waals surface area (Å²) < 4.78 is 67.7. The van der Waals surface area contributed by atoms with Gasteiger partial charge in [0, 0.05) is 35.4 Å². The number of carbonyl (C=O) groups is 5. The van der Waals surface area contributed by atoms with Crippen molar-refractivity contribution in [2.24, 2.45) is 5.41 Å². The van der Waals surface area contributed by atoms with Gasteiger partial charge in [0.05, 0.1) is 31.7 Å². The Labute approximate surface area is 441 Å². The van der Waals surface area contributed by atoms with E-state index in [0.29, 0.717) is 23.3 Å². The topological polar surface area (TPSA) is 422 Å². The molecule has 0 spiro atoms. The van der Waals surface area contributed by atoms with Crippen LogP contribution < -0.4 is 26.4 Å². The van der Waals surface area contributed by atoms with Crippen LogP contribution in [0.25, 0.3) is 21.9 Å². The normalized spacial score (nSPS) is 24.3. The van der Waals surface area contributed by atoms with E-state index in [0.717, 1.165) is 34.4 Å². The average Bonchev–Trinajstić information content (AvgIpc) is 4.02. The molecule has 0 bridgehead atoms. The highest BCUT2D eigenvalue weighted by molar-refractivity contribution is 8.14. The number of amides is 4. The van der Waals surface area contributed by atoms with Gasteiger partial charge in [0.2, 0.25) is 22.8 Å². The zero-order valence-electron chi connectivity index (χ0n) is 41.1. The van der Waals surface area contributed by atoms with E-state index < -0.39 is 119 Å². The predicted molar refractivity (Wildman–Crippen MR) is 270 cm³/mol. The third-order valence-electron chi connectivity index (χ3n) is 12.1. The molecule has 29 nitrogen and oxygen atoms in total. The largest absolute Gasteiger partial charge is 0.493 e. The number of ether oxygens (including phenoxy) is 2. The van der Waals surface area contributed by atoms with Crippen molar-refractivity contribution in [1.29, 1.82) is 0 Å². The van der Waals surface area contributed by atoms with Gasteiger partial charge in [-0.2, -0.15) is 4.31 Å². The Bertz CT molecular complexity index is 3020. The van der Waals surface area contributed by atoms with Crippen molar-refractivity contribution in [3.8, 4) is 5.75 Å². The molecule has 34 heteroatoms. The molecule has 11 N–H and O–H groups in total. The first-order valence-corrected chi connectivity index (χ1v) is 29.4. The van der Waals surface area contributed by atoms with Crippen molar-refractivity contribution in [2.75, 3.05) is 44.4 Å². The van der Waals surface area contributed by atoms with Crippen LogP contribution in [0.2, 0.25) is 0 Å². The summed E-state index contributed by atoms with van der Waals surface area (Å²) in [5.74, 6) is -1.98. The molecule has 10 atom stereocenters. The number of nitrogens with zero attached hydrogens (tertiary/aromatic N) is 5. The molecule has 7 rings (SSSR count). The number of nitrogen functional groups attached to an aromatic ring is 1. The maximum atomic E-state index is 13.7. The maximum Gasteiger partial charge on any atom is 0.481 e. The minimum absolute atomic E-state index is 0.0150. The van der Waals surface area contributed by atoms with Gasteiger partial charge >= 0.3 is 23.5 Å². The quantitative estimate of drug-likeness (QED) is 0.0266. The number of hydrogen-bond donors (Lipinski definition) is 10. The summed E-state index contributed by atoms with van der Waals surface area (Å²) in [5, 5.41) is 30.2. The van der Waals surface area contributed by atoms with Crippen LogP contribution in [0.15, 0.2) is 49.1 Å². The lowest BCUT2D eigenvalue weighted by Crippen LogP contribution is -2.70. The number of nitrogens with two attached hydrogens (primary N) is 1. The van der Waals surface area contributed by atoms with Crippen LogP contribution in [0, 0.1) is 5.41 Å². The van der Waals surface area contributed by atoms with Gasteiger partial charge < -0.3 is 65.8 Å². The number of hydrogen-bond acceptors (Lipinski definition) is 22. The van der Waals surface area contributed by atoms with Crippen LogP contribution in [-0.4, -0.2) is 168 Å². The number of phosphoric ester groups is 3. The smallest absolute Gasteiger partial charge is 0.481 e. The fraction of sp³-hybridized carbons (Fsp3) is 0.524. The summed E-state index contributed by atoms with van der Waals surface area (Å²) in [7, 11) is -16.5. The minimum atomic E-state index is -5.62. The molecule has 0 radical (unpaired) electrons. The monoisotopic (exact) mass is 1160 g/mol. The highest BCUT2D eigenvalue weighted by atomic mass is 32.2. The van der Waals surface area contributed by atoms with Gasteiger partial charge in [-0.1, -0.05) is 55.9 Å². The second kappa shape index (κ2) is 23.4. The number of fused-ring (bicyclic) bond motifs is 3.